The van der Waals surface area contributed by atoms with Crippen molar-refractivity contribution in [3.8, 4) is 0 Å². The standard InChI is InChI=1S/C18H16N6O/c25-18-14-8-4-5-9-15(14)20-23-24(18)12-17-19-16(21-22-17)11-10-13-6-2-1-3-7-13/h1-9H,10-12H2,(H,19,21,22). The average molecular weight is 332 g/mol. The zero-order valence-electron chi connectivity index (χ0n) is 13.5. The Kier molecular flexibility index (Phi) is 4.04. The van der Waals surface area contributed by atoms with Crippen molar-refractivity contribution >= 4 is 10.9 Å². The average Bonchev–Trinajstić information content (AvgIpc) is 3.11. The van der Waals surface area contributed by atoms with Gasteiger partial charge in [0.15, 0.2) is 5.82 Å². The lowest BCUT2D eigenvalue weighted by Crippen LogP contribution is -2.25. The number of aromatic amines is 1. The lowest BCUT2D eigenvalue weighted by atomic mass is 10.1. The molecule has 1 N–H and O–H groups in total. The first-order valence-electron chi connectivity index (χ1n) is 8.06. The first kappa shape index (κ1) is 15.2. The van der Waals surface area contributed by atoms with Gasteiger partial charge in [-0.3, -0.25) is 9.89 Å². The number of hydrogen-bond acceptors (Lipinski definition) is 5. The van der Waals surface area contributed by atoms with Crippen molar-refractivity contribution in [2.24, 2.45) is 0 Å². The van der Waals surface area contributed by atoms with Gasteiger partial charge in [-0.05, 0) is 24.1 Å². The smallest absolute Gasteiger partial charge is 0.267 e. The summed E-state index contributed by atoms with van der Waals surface area (Å²) in [6, 6.07) is 17.3. The van der Waals surface area contributed by atoms with E-state index in [0.29, 0.717) is 16.7 Å². The topological polar surface area (TPSA) is 89.3 Å². The van der Waals surface area contributed by atoms with Crippen molar-refractivity contribution in [3.05, 3.63) is 82.2 Å². The Morgan fingerprint density at radius 2 is 1.76 bits per heavy atom. The van der Waals surface area contributed by atoms with E-state index in [1.807, 2.05) is 30.3 Å². The number of nitrogens with one attached hydrogen (secondary N) is 1. The molecule has 7 nitrogen and oxygen atoms in total. The fraction of sp³-hybridized carbons (Fsp3) is 0.167. The molecule has 0 spiro atoms. The summed E-state index contributed by atoms with van der Waals surface area (Å²) in [4.78, 5) is 16.9. The summed E-state index contributed by atoms with van der Waals surface area (Å²) in [5, 5.41) is 15.7. The second-order valence-electron chi connectivity index (χ2n) is 5.75. The first-order chi connectivity index (χ1) is 12.3. The van der Waals surface area contributed by atoms with Gasteiger partial charge >= 0.3 is 0 Å². The summed E-state index contributed by atoms with van der Waals surface area (Å²) >= 11 is 0. The molecular formula is C18H16N6O. The molecule has 4 aromatic rings. The minimum atomic E-state index is -0.187. The lowest BCUT2D eigenvalue weighted by Gasteiger charge is -2.02. The maximum atomic E-state index is 12.4. The molecule has 0 fully saturated rings. The minimum absolute atomic E-state index is 0.187. The maximum absolute atomic E-state index is 12.4. The third-order valence-corrected chi connectivity index (χ3v) is 3.99. The molecule has 2 aromatic heterocycles. The molecule has 2 aromatic carbocycles. The molecule has 0 bridgehead atoms. The number of rotatable bonds is 5. The highest BCUT2D eigenvalue weighted by molar-refractivity contribution is 5.76. The van der Waals surface area contributed by atoms with Crippen LogP contribution in [0.3, 0.4) is 0 Å². The van der Waals surface area contributed by atoms with Crippen LogP contribution in [0.15, 0.2) is 59.4 Å². The Morgan fingerprint density at radius 1 is 0.960 bits per heavy atom. The van der Waals surface area contributed by atoms with Gasteiger partial charge in [-0.2, -0.15) is 5.10 Å². The third kappa shape index (κ3) is 3.30. The zero-order chi connectivity index (χ0) is 17.1. The molecular weight excluding hydrogens is 316 g/mol. The van der Waals surface area contributed by atoms with Gasteiger partial charge in [-0.25, -0.2) is 9.67 Å². The van der Waals surface area contributed by atoms with Crippen molar-refractivity contribution in [3.63, 3.8) is 0 Å². The summed E-state index contributed by atoms with van der Waals surface area (Å²) in [6.07, 6.45) is 1.60. The molecule has 0 aliphatic heterocycles. The van der Waals surface area contributed by atoms with E-state index >= 15 is 0 Å². The predicted molar refractivity (Wildman–Crippen MR) is 93.1 cm³/mol. The lowest BCUT2D eigenvalue weighted by molar-refractivity contribution is 0.582. The second-order valence-corrected chi connectivity index (χ2v) is 5.75. The molecule has 0 unspecified atom stereocenters. The first-order valence-corrected chi connectivity index (χ1v) is 8.06. The number of hydrogen-bond donors (Lipinski definition) is 1. The molecule has 2 heterocycles. The van der Waals surface area contributed by atoms with Gasteiger partial charge < -0.3 is 0 Å². The summed E-state index contributed by atoms with van der Waals surface area (Å²) in [6.45, 7) is 0.217. The van der Waals surface area contributed by atoms with Crippen molar-refractivity contribution in [2.75, 3.05) is 0 Å². The molecule has 0 saturated heterocycles. The monoisotopic (exact) mass is 332 g/mol. The Balaban J connectivity index is 1.50. The van der Waals surface area contributed by atoms with Gasteiger partial charge in [0, 0.05) is 6.42 Å². The summed E-state index contributed by atoms with van der Waals surface area (Å²) in [5.74, 6) is 1.32. The fourth-order valence-electron chi connectivity index (χ4n) is 2.69. The van der Waals surface area contributed by atoms with Crippen LogP contribution in [0.2, 0.25) is 0 Å². The van der Waals surface area contributed by atoms with Crippen molar-refractivity contribution in [2.45, 2.75) is 19.4 Å². The molecule has 0 atom stereocenters. The van der Waals surface area contributed by atoms with Crippen molar-refractivity contribution in [1.82, 2.24) is 30.2 Å². The molecule has 0 amide bonds. The molecule has 4 rings (SSSR count). The van der Waals surface area contributed by atoms with E-state index < -0.39 is 0 Å². The van der Waals surface area contributed by atoms with Crippen LogP contribution in [0.4, 0.5) is 0 Å². The van der Waals surface area contributed by atoms with Crippen LogP contribution in [0.5, 0.6) is 0 Å². The van der Waals surface area contributed by atoms with Gasteiger partial charge in [0.05, 0.1) is 5.39 Å². The largest absolute Gasteiger partial charge is 0.278 e. The van der Waals surface area contributed by atoms with Crippen LogP contribution in [-0.4, -0.2) is 30.2 Å². The van der Waals surface area contributed by atoms with Gasteiger partial charge in [0.2, 0.25) is 0 Å². The normalized spacial score (nSPS) is 11.0. The molecule has 0 aliphatic rings. The van der Waals surface area contributed by atoms with E-state index in [4.69, 9.17) is 0 Å². The van der Waals surface area contributed by atoms with E-state index in [2.05, 4.69) is 37.6 Å². The van der Waals surface area contributed by atoms with E-state index in [1.165, 1.54) is 10.2 Å². The number of H-pyrrole nitrogens is 1. The van der Waals surface area contributed by atoms with Gasteiger partial charge in [0.25, 0.3) is 5.56 Å². The van der Waals surface area contributed by atoms with Crippen LogP contribution >= 0.6 is 0 Å². The number of fused-ring (bicyclic) bond motifs is 1. The summed E-state index contributed by atoms with van der Waals surface area (Å²) in [7, 11) is 0. The Morgan fingerprint density at radius 3 is 2.64 bits per heavy atom. The molecule has 0 saturated carbocycles. The number of benzene rings is 2. The van der Waals surface area contributed by atoms with Crippen LogP contribution in [0.25, 0.3) is 10.9 Å². The maximum Gasteiger partial charge on any atom is 0.278 e. The Labute approximate surface area is 143 Å². The second kappa shape index (κ2) is 6.64. The Bertz CT molecular complexity index is 1050. The van der Waals surface area contributed by atoms with Gasteiger partial charge in [0.1, 0.15) is 17.9 Å². The minimum Gasteiger partial charge on any atom is -0.267 e. The third-order valence-electron chi connectivity index (χ3n) is 3.99. The van der Waals surface area contributed by atoms with Crippen molar-refractivity contribution in [1.29, 1.82) is 0 Å². The highest BCUT2D eigenvalue weighted by Crippen LogP contribution is 2.06. The quantitative estimate of drug-likeness (QED) is 0.601. The molecule has 7 heteroatoms. The Hall–Kier alpha value is -3.35. The highest BCUT2D eigenvalue weighted by Gasteiger charge is 2.09. The number of nitrogens with zero attached hydrogens (tertiary/aromatic N) is 5. The van der Waals surface area contributed by atoms with Gasteiger partial charge in [-0.1, -0.05) is 47.7 Å². The summed E-state index contributed by atoms with van der Waals surface area (Å²) < 4.78 is 1.30. The van der Waals surface area contributed by atoms with E-state index in [1.54, 1.807) is 12.1 Å². The van der Waals surface area contributed by atoms with Crippen molar-refractivity contribution < 1.29 is 0 Å². The number of aryl methyl sites for hydroxylation is 2. The SMILES string of the molecule is O=c1c2ccccc2nnn1Cc1nc(CCc2ccccc2)n[nH]1. The molecule has 0 aliphatic carbocycles. The van der Waals surface area contributed by atoms with E-state index in [0.717, 1.165) is 18.7 Å². The fourth-order valence-corrected chi connectivity index (χ4v) is 2.69. The molecule has 0 radical (unpaired) electrons. The van der Waals surface area contributed by atoms with Crippen LogP contribution < -0.4 is 5.56 Å². The van der Waals surface area contributed by atoms with E-state index in [-0.39, 0.29) is 12.1 Å². The van der Waals surface area contributed by atoms with Gasteiger partial charge in [-0.15, -0.1) is 5.10 Å². The highest BCUT2D eigenvalue weighted by atomic mass is 16.1. The van der Waals surface area contributed by atoms with Crippen LogP contribution in [-0.2, 0) is 19.4 Å². The van der Waals surface area contributed by atoms with Crippen LogP contribution in [0.1, 0.15) is 17.2 Å². The molecule has 25 heavy (non-hydrogen) atoms. The number of aromatic nitrogens is 6. The predicted octanol–water partition coefficient (Wildman–Crippen LogP) is 1.74. The zero-order valence-corrected chi connectivity index (χ0v) is 13.5. The molecule has 124 valence electrons. The summed E-state index contributed by atoms with van der Waals surface area (Å²) in [5.41, 5.74) is 1.64. The van der Waals surface area contributed by atoms with Crippen LogP contribution in [0, 0.1) is 0 Å². The van der Waals surface area contributed by atoms with E-state index in [9.17, 15) is 4.79 Å².